The number of benzene rings is 4. The van der Waals surface area contributed by atoms with Crippen molar-refractivity contribution >= 4 is 28.4 Å². The molecule has 0 radical (unpaired) electrons. The zero-order valence-electron chi connectivity index (χ0n) is 19.2. The summed E-state index contributed by atoms with van der Waals surface area (Å²) < 4.78 is 23.0. The first kappa shape index (κ1) is 21.6. The van der Waals surface area contributed by atoms with Gasteiger partial charge in [0.05, 0.1) is 26.9 Å². The smallest absolute Gasteiger partial charge is 0.338 e. The van der Waals surface area contributed by atoms with Crippen LogP contribution in [0.25, 0.3) is 22.4 Å². The molecule has 4 aromatic rings. The Morgan fingerprint density at radius 2 is 1.53 bits per heavy atom. The van der Waals surface area contributed by atoms with E-state index in [4.69, 9.17) is 18.9 Å². The molecule has 0 fully saturated rings. The second-order valence-corrected chi connectivity index (χ2v) is 7.93. The lowest BCUT2D eigenvalue weighted by Crippen LogP contribution is -2.17. The van der Waals surface area contributed by atoms with Gasteiger partial charge in [0.1, 0.15) is 11.9 Å². The fourth-order valence-electron chi connectivity index (χ4n) is 4.48. The monoisotopic (exact) mass is 452 g/mol. The van der Waals surface area contributed by atoms with Crippen molar-refractivity contribution in [3.05, 3.63) is 101 Å². The average Bonchev–Trinajstić information content (AvgIpc) is 2.91. The minimum atomic E-state index is -0.451. The highest BCUT2D eigenvalue weighted by Gasteiger charge is 2.31. The molecular weight excluding hydrogens is 428 g/mol. The number of ether oxygens (including phenoxy) is 4. The number of rotatable bonds is 5. The Morgan fingerprint density at radius 3 is 2.18 bits per heavy atom. The summed E-state index contributed by atoms with van der Waals surface area (Å²) in [5.74, 6) is 1.26. The molecule has 1 atom stereocenters. The van der Waals surface area contributed by atoms with Gasteiger partial charge in [0.15, 0.2) is 11.5 Å². The van der Waals surface area contributed by atoms with Crippen molar-refractivity contribution in [1.29, 1.82) is 0 Å². The summed E-state index contributed by atoms with van der Waals surface area (Å²) in [6.07, 6.45) is 1.68. The predicted molar refractivity (Wildman–Crippen MR) is 133 cm³/mol. The maximum Gasteiger partial charge on any atom is 0.338 e. The highest BCUT2D eigenvalue weighted by atomic mass is 16.5. The molecule has 1 heterocycles. The van der Waals surface area contributed by atoms with Crippen LogP contribution in [0.15, 0.2) is 78.9 Å². The summed E-state index contributed by atoms with van der Waals surface area (Å²) in [4.78, 5) is 12.9. The molecule has 0 spiro atoms. The third-order valence-electron chi connectivity index (χ3n) is 6.08. The highest BCUT2D eigenvalue weighted by Crippen LogP contribution is 2.49. The maximum atomic E-state index is 12.9. The molecule has 0 N–H and O–H groups in total. The summed E-state index contributed by atoms with van der Waals surface area (Å²) in [5, 5.41) is 1.54. The summed E-state index contributed by atoms with van der Waals surface area (Å²) in [6, 6.07) is 25.7. The van der Waals surface area contributed by atoms with Crippen molar-refractivity contribution in [3.8, 4) is 17.2 Å². The lowest BCUT2D eigenvalue weighted by molar-refractivity contribution is 0.0600. The van der Waals surface area contributed by atoms with Crippen LogP contribution in [0.2, 0.25) is 0 Å². The van der Waals surface area contributed by atoms with Crippen LogP contribution < -0.4 is 14.2 Å². The molecule has 5 rings (SSSR count). The second kappa shape index (κ2) is 8.94. The van der Waals surface area contributed by atoms with E-state index in [-0.39, 0.29) is 6.10 Å². The Morgan fingerprint density at radius 1 is 0.824 bits per heavy atom. The number of hydrogen-bond donors (Lipinski definition) is 0. The van der Waals surface area contributed by atoms with Gasteiger partial charge in [-0.3, -0.25) is 0 Å². The zero-order valence-corrected chi connectivity index (χ0v) is 19.2. The van der Waals surface area contributed by atoms with Gasteiger partial charge in [-0.05, 0) is 35.4 Å². The topological polar surface area (TPSA) is 54.0 Å². The van der Waals surface area contributed by atoms with Gasteiger partial charge in [-0.15, -0.1) is 0 Å². The Hall–Kier alpha value is -4.25. The molecule has 5 nitrogen and oxygen atoms in total. The van der Waals surface area contributed by atoms with Crippen molar-refractivity contribution in [3.63, 3.8) is 0 Å². The first-order valence-corrected chi connectivity index (χ1v) is 10.9. The van der Waals surface area contributed by atoms with Gasteiger partial charge in [0.2, 0.25) is 0 Å². The van der Waals surface area contributed by atoms with E-state index in [2.05, 4.69) is 0 Å². The van der Waals surface area contributed by atoms with Crippen molar-refractivity contribution in [2.75, 3.05) is 21.3 Å². The number of methoxy groups -OCH3 is 3. The summed E-state index contributed by atoms with van der Waals surface area (Å²) in [5.41, 5.74) is 4.07. The fraction of sp³-hybridized carbons (Fsp3) is 0.138. The van der Waals surface area contributed by atoms with Crippen LogP contribution in [0.5, 0.6) is 17.2 Å². The van der Waals surface area contributed by atoms with Crippen LogP contribution in [-0.2, 0) is 4.74 Å². The molecule has 0 bridgehead atoms. The second-order valence-electron chi connectivity index (χ2n) is 7.93. The summed E-state index contributed by atoms with van der Waals surface area (Å²) in [6.45, 7) is 0. The highest BCUT2D eigenvalue weighted by molar-refractivity contribution is 6.08. The van der Waals surface area contributed by atoms with Crippen molar-refractivity contribution in [1.82, 2.24) is 0 Å². The van der Waals surface area contributed by atoms with Crippen molar-refractivity contribution in [2.24, 2.45) is 0 Å². The van der Waals surface area contributed by atoms with E-state index in [1.807, 2.05) is 78.9 Å². The van der Waals surface area contributed by atoms with Gasteiger partial charge in [0, 0.05) is 21.9 Å². The van der Waals surface area contributed by atoms with E-state index in [9.17, 15) is 4.79 Å². The molecule has 0 aromatic heterocycles. The molecule has 0 aliphatic carbocycles. The van der Waals surface area contributed by atoms with E-state index in [1.54, 1.807) is 20.3 Å². The average molecular weight is 453 g/mol. The largest absolute Gasteiger partial charge is 0.493 e. The predicted octanol–water partition coefficient (Wildman–Crippen LogP) is 6.32. The lowest BCUT2D eigenvalue weighted by atomic mass is 9.88. The normalized spacial score (nSPS) is 14.6. The molecule has 4 aromatic carbocycles. The quantitative estimate of drug-likeness (QED) is 0.332. The van der Waals surface area contributed by atoms with Crippen LogP contribution >= 0.6 is 0 Å². The minimum absolute atomic E-state index is 0.361. The molecule has 5 heteroatoms. The standard InChI is InChI=1S/C29H24O5/c1-31-25-15-14-20-22(28(25)32-2)17-24(29(30)33-3)23-16-21(18-10-6-4-7-11-18)26(34-27(20)23)19-12-8-5-9-13-19/h4-17,26H,1-3H3. The van der Waals surface area contributed by atoms with Gasteiger partial charge in [-0.2, -0.15) is 0 Å². The summed E-state index contributed by atoms with van der Waals surface area (Å²) in [7, 11) is 4.54. The van der Waals surface area contributed by atoms with Crippen molar-refractivity contribution in [2.45, 2.75) is 6.10 Å². The Kier molecular flexibility index (Phi) is 5.68. The number of esters is 1. The van der Waals surface area contributed by atoms with Gasteiger partial charge in [-0.1, -0.05) is 60.7 Å². The van der Waals surface area contributed by atoms with Gasteiger partial charge >= 0.3 is 5.97 Å². The fourth-order valence-corrected chi connectivity index (χ4v) is 4.48. The minimum Gasteiger partial charge on any atom is -0.493 e. The van der Waals surface area contributed by atoms with E-state index in [0.29, 0.717) is 33.8 Å². The number of carbonyl (C=O) groups excluding carboxylic acids is 1. The van der Waals surface area contributed by atoms with Gasteiger partial charge in [0.25, 0.3) is 0 Å². The number of carbonyl (C=O) groups is 1. The van der Waals surface area contributed by atoms with E-state index in [1.165, 1.54) is 7.11 Å². The third kappa shape index (κ3) is 3.55. The van der Waals surface area contributed by atoms with E-state index >= 15 is 0 Å². The molecule has 34 heavy (non-hydrogen) atoms. The molecule has 0 saturated carbocycles. The van der Waals surface area contributed by atoms with E-state index < -0.39 is 5.97 Å². The van der Waals surface area contributed by atoms with Crippen LogP contribution in [-0.4, -0.2) is 27.3 Å². The molecule has 1 unspecified atom stereocenters. The molecule has 0 amide bonds. The number of fused-ring (bicyclic) bond motifs is 3. The molecular formula is C29H24O5. The van der Waals surface area contributed by atoms with Gasteiger partial charge < -0.3 is 18.9 Å². The van der Waals surface area contributed by atoms with Crippen LogP contribution in [0.4, 0.5) is 0 Å². The maximum absolute atomic E-state index is 12.9. The molecule has 1 aliphatic heterocycles. The van der Waals surface area contributed by atoms with Crippen LogP contribution in [0, 0.1) is 0 Å². The zero-order chi connectivity index (χ0) is 23.7. The van der Waals surface area contributed by atoms with E-state index in [0.717, 1.165) is 22.1 Å². The first-order valence-electron chi connectivity index (χ1n) is 10.9. The third-order valence-corrected chi connectivity index (χ3v) is 6.08. The molecule has 1 aliphatic rings. The van der Waals surface area contributed by atoms with Gasteiger partial charge in [-0.25, -0.2) is 4.79 Å². The van der Waals surface area contributed by atoms with Crippen molar-refractivity contribution < 1.29 is 23.7 Å². The van der Waals surface area contributed by atoms with Crippen LogP contribution in [0.3, 0.4) is 0 Å². The SMILES string of the molecule is COC(=O)c1cc2c(OC)c(OC)ccc2c2c1C=C(c1ccccc1)C(c1ccccc1)O2. The molecule has 170 valence electrons. The lowest BCUT2D eigenvalue weighted by Gasteiger charge is -2.30. The first-order chi connectivity index (χ1) is 16.7. The molecule has 0 saturated heterocycles. The Labute approximate surface area is 198 Å². The Bertz CT molecular complexity index is 1390. The summed E-state index contributed by atoms with van der Waals surface area (Å²) >= 11 is 0. The number of hydrogen-bond acceptors (Lipinski definition) is 5. The van der Waals surface area contributed by atoms with Crippen LogP contribution in [0.1, 0.15) is 33.2 Å². The Balaban J connectivity index is 1.85.